The van der Waals surface area contributed by atoms with Gasteiger partial charge >= 0.3 is 0 Å². The van der Waals surface area contributed by atoms with Gasteiger partial charge < -0.3 is 0 Å². The monoisotopic (exact) mass is 250 g/mol. The predicted octanol–water partition coefficient (Wildman–Crippen LogP) is 2.52. The number of hydrogen-bond acceptors (Lipinski definition) is 3. The van der Waals surface area contributed by atoms with Crippen molar-refractivity contribution in [2.24, 2.45) is 5.10 Å². The van der Waals surface area contributed by atoms with Crippen molar-refractivity contribution in [1.82, 2.24) is 14.9 Å². The number of halogens is 1. The Morgan fingerprint density at radius 2 is 2.29 bits per heavy atom. The Morgan fingerprint density at radius 1 is 1.53 bits per heavy atom. The molecule has 0 spiro atoms. The molecule has 0 atom stereocenters. The number of aromatic amines is 1. The van der Waals surface area contributed by atoms with Crippen molar-refractivity contribution in [2.45, 2.75) is 13.3 Å². The van der Waals surface area contributed by atoms with Crippen LogP contribution in [0.4, 0.5) is 4.39 Å². The largest absolute Gasteiger partial charge is 0.250 e. The minimum atomic E-state index is -0.315. The van der Waals surface area contributed by atoms with Gasteiger partial charge in [0, 0.05) is 12.0 Å². The van der Waals surface area contributed by atoms with Crippen molar-refractivity contribution in [3.63, 3.8) is 0 Å². The van der Waals surface area contributed by atoms with E-state index in [0.29, 0.717) is 22.6 Å². The van der Waals surface area contributed by atoms with Crippen LogP contribution in [0.1, 0.15) is 18.3 Å². The van der Waals surface area contributed by atoms with Crippen LogP contribution in [0, 0.1) is 10.6 Å². The number of aromatic nitrogens is 3. The lowest BCUT2D eigenvalue weighted by Crippen LogP contribution is -1.98. The highest BCUT2D eigenvalue weighted by Gasteiger charge is 2.02. The SMILES string of the molecule is CCc1n[nH]c(=S)n1/N=C\c1ccccc1F. The fraction of sp³-hybridized carbons (Fsp3) is 0.182. The van der Waals surface area contributed by atoms with Crippen LogP contribution in [-0.4, -0.2) is 21.1 Å². The van der Waals surface area contributed by atoms with Gasteiger partial charge in [-0.3, -0.25) is 5.10 Å². The summed E-state index contributed by atoms with van der Waals surface area (Å²) in [7, 11) is 0. The van der Waals surface area contributed by atoms with Crippen molar-refractivity contribution < 1.29 is 4.39 Å². The van der Waals surface area contributed by atoms with Gasteiger partial charge in [-0.1, -0.05) is 25.1 Å². The summed E-state index contributed by atoms with van der Waals surface area (Å²) < 4.78 is 15.2. The summed E-state index contributed by atoms with van der Waals surface area (Å²) in [6, 6.07) is 6.42. The van der Waals surface area contributed by atoms with Gasteiger partial charge in [-0.15, -0.1) is 0 Å². The molecule has 17 heavy (non-hydrogen) atoms. The third-order valence-corrected chi connectivity index (χ3v) is 2.52. The van der Waals surface area contributed by atoms with Gasteiger partial charge in [-0.25, -0.2) is 4.39 Å². The average Bonchev–Trinajstić information content (AvgIpc) is 2.69. The molecular formula is C11H11FN4S. The van der Waals surface area contributed by atoms with E-state index in [1.54, 1.807) is 18.2 Å². The predicted molar refractivity (Wildman–Crippen MR) is 66.2 cm³/mol. The number of hydrogen-bond donors (Lipinski definition) is 1. The first-order valence-corrected chi connectivity index (χ1v) is 5.58. The van der Waals surface area contributed by atoms with Gasteiger partial charge in [0.1, 0.15) is 5.82 Å². The summed E-state index contributed by atoms with van der Waals surface area (Å²) >= 11 is 5.02. The van der Waals surface area contributed by atoms with E-state index in [4.69, 9.17) is 12.2 Å². The number of rotatable bonds is 3. The molecule has 0 fully saturated rings. The van der Waals surface area contributed by atoms with Crippen molar-refractivity contribution in [3.8, 4) is 0 Å². The van der Waals surface area contributed by atoms with Crippen LogP contribution in [0.2, 0.25) is 0 Å². The van der Waals surface area contributed by atoms with Gasteiger partial charge in [0.05, 0.1) is 6.21 Å². The molecule has 0 radical (unpaired) electrons. The third-order valence-electron chi connectivity index (χ3n) is 2.25. The Labute approximate surface area is 103 Å². The fourth-order valence-corrected chi connectivity index (χ4v) is 1.57. The minimum Gasteiger partial charge on any atom is -0.250 e. The second-order valence-electron chi connectivity index (χ2n) is 3.38. The summed E-state index contributed by atoms with van der Waals surface area (Å²) in [5.74, 6) is 0.395. The maximum Gasteiger partial charge on any atom is 0.216 e. The standard InChI is InChI=1S/C11H11FN4S/c1-2-10-14-15-11(17)16(10)13-7-8-5-3-4-6-9(8)12/h3-7H,2H2,1H3,(H,15,17)/b13-7-. The Balaban J connectivity index is 2.35. The van der Waals surface area contributed by atoms with Gasteiger partial charge in [-0.2, -0.15) is 14.9 Å². The lowest BCUT2D eigenvalue weighted by atomic mass is 10.2. The maximum atomic E-state index is 13.4. The summed E-state index contributed by atoms with van der Waals surface area (Å²) in [5, 5.41) is 10.8. The molecule has 0 saturated carbocycles. The second-order valence-corrected chi connectivity index (χ2v) is 3.76. The van der Waals surface area contributed by atoms with E-state index in [1.807, 2.05) is 6.92 Å². The van der Waals surface area contributed by atoms with E-state index in [1.165, 1.54) is 17.0 Å². The fourth-order valence-electron chi connectivity index (χ4n) is 1.37. The van der Waals surface area contributed by atoms with Crippen molar-refractivity contribution in [2.75, 3.05) is 0 Å². The summed E-state index contributed by atoms with van der Waals surface area (Å²) in [5.41, 5.74) is 0.414. The van der Waals surface area contributed by atoms with Gasteiger partial charge in [0.15, 0.2) is 5.82 Å². The number of H-pyrrole nitrogens is 1. The van der Waals surface area contributed by atoms with Crippen LogP contribution in [0.15, 0.2) is 29.4 Å². The smallest absolute Gasteiger partial charge is 0.216 e. The van der Waals surface area contributed by atoms with Gasteiger partial charge in [0.25, 0.3) is 0 Å². The molecule has 0 aliphatic heterocycles. The average molecular weight is 250 g/mol. The van der Waals surface area contributed by atoms with Crippen LogP contribution in [-0.2, 0) is 6.42 Å². The van der Waals surface area contributed by atoms with E-state index >= 15 is 0 Å². The zero-order chi connectivity index (χ0) is 12.3. The van der Waals surface area contributed by atoms with Crippen LogP contribution in [0.3, 0.4) is 0 Å². The third kappa shape index (κ3) is 2.47. The molecule has 0 amide bonds. The molecule has 4 nitrogen and oxygen atoms in total. The Bertz CT molecular complexity index is 600. The number of aryl methyl sites for hydroxylation is 1. The van der Waals surface area contributed by atoms with E-state index in [-0.39, 0.29) is 5.82 Å². The quantitative estimate of drug-likeness (QED) is 0.672. The van der Waals surface area contributed by atoms with Crippen molar-refractivity contribution >= 4 is 18.4 Å². The van der Waals surface area contributed by atoms with E-state index in [2.05, 4.69) is 15.3 Å². The summed E-state index contributed by atoms with van der Waals surface area (Å²) in [4.78, 5) is 0. The molecule has 2 aromatic rings. The Kier molecular flexibility index (Phi) is 3.43. The molecule has 0 aliphatic rings. The van der Waals surface area contributed by atoms with E-state index < -0.39 is 0 Å². The van der Waals surface area contributed by atoms with Crippen LogP contribution < -0.4 is 0 Å². The number of nitrogens with one attached hydrogen (secondary N) is 1. The molecule has 1 heterocycles. The highest BCUT2D eigenvalue weighted by atomic mass is 32.1. The number of benzene rings is 1. The Morgan fingerprint density at radius 3 is 3.00 bits per heavy atom. The van der Waals surface area contributed by atoms with Gasteiger partial charge in [-0.05, 0) is 18.3 Å². The second kappa shape index (κ2) is 5.01. The molecule has 0 bridgehead atoms. The van der Waals surface area contributed by atoms with Crippen molar-refractivity contribution in [3.05, 3.63) is 46.2 Å². The zero-order valence-electron chi connectivity index (χ0n) is 9.22. The van der Waals surface area contributed by atoms with Crippen molar-refractivity contribution in [1.29, 1.82) is 0 Å². The van der Waals surface area contributed by atoms with Crippen LogP contribution >= 0.6 is 12.2 Å². The lowest BCUT2D eigenvalue weighted by Gasteiger charge is -1.97. The first kappa shape index (κ1) is 11.7. The molecule has 0 saturated heterocycles. The molecular weight excluding hydrogens is 239 g/mol. The van der Waals surface area contributed by atoms with Crippen LogP contribution in [0.25, 0.3) is 0 Å². The first-order valence-electron chi connectivity index (χ1n) is 5.17. The molecule has 2 rings (SSSR count). The molecule has 88 valence electrons. The lowest BCUT2D eigenvalue weighted by molar-refractivity contribution is 0.625. The summed E-state index contributed by atoms with van der Waals surface area (Å²) in [6.45, 7) is 1.94. The van der Waals surface area contributed by atoms with E-state index in [9.17, 15) is 4.39 Å². The van der Waals surface area contributed by atoms with E-state index in [0.717, 1.165) is 0 Å². The molecule has 1 aromatic heterocycles. The van der Waals surface area contributed by atoms with Gasteiger partial charge in [0.2, 0.25) is 4.77 Å². The molecule has 0 unspecified atom stereocenters. The Hall–Kier alpha value is -1.82. The zero-order valence-corrected chi connectivity index (χ0v) is 10.0. The summed E-state index contributed by atoms with van der Waals surface area (Å²) in [6.07, 6.45) is 2.13. The maximum absolute atomic E-state index is 13.4. The minimum absolute atomic E-state index is 0.315. The molecule has 6 heteroatoms. The topological polar surface area (TPSA) is 46.0 Å². The normalized spacial score (nSPS) is 11.2. The highest BCUT2D eigenvalue weighted by Crippen LogP contribution is 2.04. The van der Waals surface area contributed by atoms with Crippen LogP contribution in [0.5, 0.6) is 0 Å². The molecule has 1 aromatic carbocycles. The molecule has 1 N–H and O–H groups in total. The first-order chi connectivity index (χ1) is 8.22. The molecule has 0 aliphatic carbocycles. The number of nitrogens with zero attached hydrogens (tertiary/aromatic N) is 3. The highest BCUT2D eigenvalue weighted by molar-refractivity contribution is 7.71.